The first-order chi connectivity index (χ1) is 8.69. The van der Waals surface area contributed by atoms with Gasteiger partial charge in [0.25, 0.3) is 0 Å². The molecule has 1 amide bonds. The second-order valence-corrected chi connectivity index (χ2v) is 3.90. The number of amides is 1. The number of hydrogen-bond acceptors (Lipinski definition) is 2. The zero-order valence-corrected chi connectivity index (χ0v) is 10.0. The van der Waals surface area contributed by atoms with Crippen molar-refractivity contribution >= 4 is 23.2 Å². The molecule has 1 rings (SSSR count). The van der Waals surface area contributed by atoms with Crippen molar-refractivity contribution in [3.63, 3.8) is 0 Å². The summed E-state index contributed by atoms with van der Waals surface area (Å²) in [6, 6.07) is 1.39. The van der Waals surface area contributed by atoms with Gasteiger partial charge in [-0.25, -0.2) is 8.78 Å². The zero-order valence-electron chi connectivity index (χ0n) is 9.24. The van der Waals surface area contributed by atoms with Gasteiger partial charge in [-0.1, -0.05) is 11.6 Å². The highest BCUT2D eigenvalue weighted by Gasteiger charge is 2.27. The van der Waals surface area contributed by atoms with Crippen molar-refractivity contribution in [3.8, 4) is 0 Å². The first kappa shape index (κ1) is 15.5. The number of carbonyl (C=O) groups excluding carboxylic acids is 1. The molecule has 0 saturated heterocycles. The molecular formula is C10H8ClF5N2O. The molecule has 19 heavy (non-hydrogen) atoms. The summed E-state index contributed by atoms with van der Waals surface area (Å²) >= 11 is 5.55. The Morgan fingerprint density at radius 2 is 1.79 bits per heavy atom. The fraction of sp³-hybridized carbons (Fsp3) is 0.300. The predicted octanol–water partition coefficient (Wildman–Crippen LogP) is 2.71. The zero-order chi connectivity index (χ0) is 14.6. The maximum atomic E-state index is 12.9. The van der Waals surface area contributed by atoms with Crippen LogP contribution in [-0.4, -0.2) is 25.2 Å². The predicted molar refractivity (Wildman–Crippen MR) is 58.9 cm³/mol. The Morgan fingerprint density at radius 3 is 2.37 bits per heavy atom. The third-order valence-electron chi connectivity index (χ3n) is 1.94. The number of alkyl halides is 3. The van der Waals surface area contributed by atoms with Crippen LogP contribution in [0.2, 0.25) is 5.02 Å². The number of halogens is 6. The fourth-order valence-corrected chi connectivity index (χ4v) is 1.31. The van der Waals surface area contributed by atoms with Gasteiger partial charge >= 0.3 is 6.18 Å². The summed E-state index contributed by atoms with van der Waals surface area (Å²) in [5.41, 5.74) is -0.0947. The van der Waals surface area contributed by atoms with Crippen molar-refractivity contribution in [3.05, 3.63) is 28.8 Å². The molecule has 0 heterocycles. The van der Waals surface area contributed by atoms with E-state index in [-0.39, 0.29) is 10.7 Å². The maximum absolute atomic E-state index is 12.9. The standard InChI is InChI=1S/C10H8ClF5N2O/c11-5-1-6(12)7(13)2-8(5)17-3-9(19)18-4-10(14,15)16/h1-2,17H,3-4H2,(H,18,19). The van der Waals surface area contributed by atoms with Crippen LogP contribution in [0, 0.1) is 11.6 Å². The average Bonchev–Trinajstić information content (AvgIpc) is 2.28. The van der Waals surface area contributed by atoms with Gasteiger partial charge in [0.2, 0.25) is 5.91 Å². The van der Waals surface area contributed by atoms with Crippen molar-refractivity contribution in [2.75, 3.05) is 18.4 Å². The van der Waals surface area contributed by atoms with E-state index >= 15 is 0 Å². The van der Waals surface area contributed by atoms with Gasteiger partial charge in [-0.05, 0) is 6.07 Å². The third-order valence-corrected chi connectivity index (χ3v) is 2.25. The van der Waals surface area contributed by atoms with Gasteiger partial charge in [0.15, 0.2) is 11.6 Å². The number of rotatable bonds is 4. The quantitative estimate of drug-likeness (QED) is 0.663. The Hall–Kier alpha value is -1.57. The molecule has 0 aliphatic carbocycles. The molecule has 106 valence electrons. The highest BCUT2D eigenvalue weighted by molar-refractivity contribution is 6.33. The molecule has 0 spiro atoms. The lowest BCUT2D eigenvalue weighted by molar-refractivity contribution is -0.137. The summed E-state index contributed by atoms with van der Waals surface area (Å²) in [5, 5.41) is 3.71. The highest BCUT2D eigenvalue weighted by Crippen LogP contribution is 2.24. The summed E-state index contributed by atoms with van der Waals surface area (Å²) in [7, 11) is 0. The molecule has 0 fully saturated rings. The van der Waals surface area contributed by atoms with Gasteiger partial charge in [-0.3, -0.25) is 4.79 Å². The molecule has 0 bridgehead atoms. The highest BCUT2D eigenvalue weighted by atomic mass is 35.5. The van der Waals surface area contributed by atoms with E-state index in [1.165, 1.54) is 0 Å². The second-order valence-electron chi connectivity index (χ2n) is 3.49. The number of nitrogens with one attached hydrogen (secondary N) is 2. The Balaban J connectivity index is 2.53. The SMILES string of the molecule is O=C(CNc1cc(F)c(F)cc1Cl)NCC(F)(F)F. The molecule has 0 aromatic heterocycles. The molecule has 1 aromatic rings. The van der Waals surface area contributed by atoms with Gasteiger partial charge in [-0.2, -0.15) is 13.2 Å². The molecule has 0 saturated carbocycles. The minimum atomic E-state index is -4.52. The van der Waals surface area contributed by atoms with Crippen molar-refractivity contribution < 1.29 is 26.7 Å². The van der Waals surface area contributed by atoms with E-state index in [9.17, 15) is 26.7 Å². The minimum absolute atomic E-state index is 0.0947. The van der Waals surface area contributed by atoms with Crippen molar-refractivity contribution in [1.29, 1.82) is 0 Å². The summed E-state index contributed by atoms with van der Waals surface area (Å²) in [5.74, 6) is -3.32. The number of carbonyl (C=O) groups is 1. The van der Waals surface area contributed by atoms with E-state index < -0.39 is 36.8 Å². The lowest BCUT2D eigenvalue weighted by Gasteiger charge is -2.11. The summed E-state index contributed by atoms with van der Waals surface area (Å²) in [4.78, 5) is 11.0. The van der Waals surface area contributed by atoms with E-state index in [1.54, 1.807) is 5.32 Å². The van der Waals surface area contributed by atoms with E-state index in [2.05, 4.69) is 5.32 Å². The number of benzene rings is 1. The first-order valence-corrected chi connectivity index (χ1v) is 5.28. The number of hydrogen-bond donors (Lipinski definition) is 2. The number of anilines is 1. The molecule has 0 atom stereocenters. The first-order valence-electron chi connectivity index (χ1n) is 4.91. The molecule has 0 unspecified atom stereocenters. The Kier molecular flexibility index (Phi) is 4.93. The van der Waals surface area contributed by atoms with Crippen LogP contribution in [0.3, 0.4) is 0 Å². The van der Waals surface area contributed by atoms with E-state index in [0.717, 1.165) is 0 Å². The Morgan fingerprint density at radius 1 is 1.21 bits per heavy atom. The van der Waals surface area contributed by atoms with Crippen molar-refractivity contribution in [2.24, 2.45) is 0 Å². The fourth-order valence-electron chi connectivity index (χ4n) is 1.09. The lowest BCUT2D eigenvalue weighted by Crippen LogP contribution is -2.37. The van der Waals surface area contributed by atoms with Crippen LogP contribution in [0.15, 0.2) is 12.1 Å². The van der Waals surface area contributed by atoms with Crippen LogP contribution in [0.1, 0.15) is 0 Å². The minimum Gasteiger partial charge on any atom is -0.375 e. The maximum Gasteiger partial charge on any atom is 0.405 e. The lowest BCUT2D eigenvalue weighted by atomic mass is 10.3. The molecule has 2 N–H and O–H groups in total. The molecule has 0 radical (unpaired) electrons. The molecule has 0 aliphatic rings. The van der Waals surface area contributed by atoms with Crippen LogP contribution in [0.25, 0.3) is 0 Å². The van der Waals surface area contributed by atoms with Gasteiger partial charge < -0.3 is 10.6 Å². The van der Waals surface area contributed by atoms with E-state index in [1.807, 2.05) is 0 Å². The molecule has 3 nitrogen and oxygen atoms in total. The monoisotopic (exact) mass is 302 g/mol. The van der Waals surface area contributed by atoms with Crippen molar-refractivity contribution in [2.45, 2.75) is 6.18 Å². The van der Waals surface area contributed by atoms with E-state index in [4.69, 9.17) is 11.6 Å². The van der Waals surface area contributed by atoms with E-state index in [0.29, 0.717) is 12.1 Å². The smallest absolute Gasteiger partial charge is 0.375 e. The summed E-state index contributed by atoms with van der Waals surface area (Å²) in [6.45, 7) is -2.03. The molecule has 9 heteroatoms. The van der Waals surface area contributed by atoms with Crippen LogP contribution in [0.4, 0.5) is 27.6 Å². The van der Waals surface area contributed by atoms with Gasteiger partial charge in [0.1, 0.15) is 6.54 Å². The average molecular weight is 303 g/mol. The second kappa shape index (κ2) is 6.05. The largest absolute Gasteiger partial charge is 0.405 e. The Bertz CT molecular complexity index is 478. The summed E-state index contributed by atoms with van der Waals surface area (Å²) in [6.07, 6.45) is -4.52. The topological polar surface area (TPSA) is 41.1 Å². The van der Waals surface area contributed by atoms with Crippen LogP contribution < -0.4 is 10.6 Å². The summed E-state index contributed by atoms with van der Waals surface area (Å²) < 4.78 is 61.0. The Labute approximate surface area is 109 Å². The van der Waals surface area contributed by atoms with Crippen molar-refractivity contribution in [1.82, 2.24) is 5.32 Å². The van der Waals surface area contributed by atoms with Crippen LogP contribution >= 0.6 is 11.6 Å². The third kappa shape index (κ3) is 5.29. The van der Waals surface area contributed by atoms with Gasteiger partial charge in [-0.15, -0.1) is 0 Å². The molecular weight excluding hydrogens is 295 g/mol. The molecule has 0 aliphatic heterocycles. The van der Waals surface area contributed by atoms with Gasteiger partial charge in [0, 0.05) is 6.07 Å². The van der Waals surface area contributed by atoms with Gasteiger partial charge in [0.05, 0.1) is 17.3 Å². The van der Waals surface area contributed by atoms with Crippen LogP contribution in [-0.2, 0) is 4.79 Å². The normalized spacial score (nSPS) is 11.3. The molecule has 1 aromatic carbocycles. The van der Waals surface area contributed by atoms with Crippen LogP contribution in [0.5, 0.6) is 0 Å².